The highest BCUT2D eigenvalue weighted by Crippen LogP contribution is 2.05. The molecule has 0 saturated heterocycles. The van der Waals surface area contributed by atoms with E-state index in [0.29, 0.717) is 12.5 Å². The second-order valence-corrected chi connectivity index (χ2v) is 5.63. The van der Waals surface area contributed by atoms with Crippen LogP contribution in [0.4, 0.5) is 0 Å². The summed E-state index contributed by atoms with van der Waals surface area (Å²) in [6.45, 7) is 6.08. The number of quaternary nitrogens is 1. The molecule has 0 unspecified atom stereocenters. The van der Waals surface area contributed by atoms with Gasteiger partial charge in [0.25, 0.3) is 0 Å². The van der Waals surface area contributed by atoms with Crippen molar-refractivity contribution in [3.63, 3.8) is 0 Å². The Morgan fingerprint density at radius 2 is 1.78 bits per heavy atom. The molecule has 102 valence electrons. The number of benzene rings is 1. The lowest BCUT2D eigenvalue weighted by atomic mass is 10.0. The first-order valence-corrected chi connectivity index (χ1v) is 6.72. The van der Waals surface area contributed by atoms with E-state index < -0.39 is 0 Å². The highest BCUT2D eigenvalue weighted by molar-refractivity contribution is 5.15. The molecular formula is C15H27N2O+. The minimum absolute atomic E-state index is 0.0435. The first-order valence-electron chi connectivity index (χ1n) is 6.72. The van der Waals surface area contributed by atoms with Crippen molar-refractivity contribution in [1.29, 1.82) is 0 Å². The molecule has 3 heteroatoms. The summed E-state index contributed by atoms with van der Waals surface area (Å²) >= 11 is 0. The van der Waals surface area contributed by atoms with Crippen LogP contribution in [0.15, 0.2) is 30.3 Å². The summed E-state index contributed by atoms with van der Waals surface area (Å²) in [5.41, 5.74) is 5.33. The van der Waals surface area contributed by atoms with Gasteiger partial charge < -0.3 is 15.7 Å². The van der Waals surface area contributed by atoms with Crippen LogP contribution in [0.2, 0.25) is 0 Å². The lowest BCUT2D eigenvalue weighted by molar-refractivity contribution is -0.437. The maximum atomic E-state index is 10.2. The number of likely N-dealkylation sites (N-methyl/N-ethyl adjacent to an activating group) is 1. The molecule has 0 bridgehead atoms. The third-order valence-electron chi connectivity index (χ3n) is 3.06. The molecule has 1 aromatic rings. The Morgan fingerprint density at radius 1 is 1.17 bits per heavy atom. The molecule has 2 atom stereocenters. The topological polar surface area (TPSA) is 51.1 Å². The van der Waals surface area contributed by atoms with Crippen LogP contribution in [0.5, 0.6) is 0 Å². The molecular weight excluding hydrogens is 224 g/mol. The molecule has 0 fully saturated rings. The van der Waals surface area contributed by atoms with Gasteiger partial charge in [-0.25, -0.2) is 0 Å². The normalized spacial score (nSPS) is 15.1. The molecule has 0 aromatic heterocycles. The van der Waals surface area contributed by atoms with Gasteiger partial charge in [0, 0.05) is 19.5 Å². The van der Waals surface area contributed by atoms with Gasteiger partial charge in [-0.15, -0.1) is 0 Å². The fourth-order valence-electron chi connectivity index (χ4n) is 2.22. The van der Waals surface area contributed by atoms with Gasteiger partial charge in [0.1, 0.15) is 12.1 Å². The highest BCUT2D eigenvalue weighted by atomic mass is 16.3. The summed E-state index contributed by atoms with van der Waals surface area (Å²) in [4.78, 5) is 2.18. The zero-order valence-corrected chi connectivity index (χ0v) is 11.8. The second kappa shape index (κ2) is 7.52. The van der Waals surface area contributed by atoms with Crippen molar-refractivity contribution in [3.05, 3.63) is 35.9 Å². The first-order chi connectivity index (χ1) is 8.49. The van der Waals surface area contributed by atoms with E-state index in [0.717, 1.165) is 13.0 Å². The fourth-order valence-corrected chi connectivity index (χ4v) is 2.22. The number of aliphatic hydroxyl groups is 1. The molecule has 3 nitrogen and oxygen atoms in total. The van der Waals surface area contributed by atoms with Gasteiger partial charge in [0.15, 0.2) is 0 Å². The number of hydrogen-bond donors (Lipinski definition) is 2. The quantitative estimate of drug-likeness (QED) is 0.753. The number of hydrogen-bond acceptors (Lipinski definition) is 2. The van der Waals surface area contributed by atoms with Crippen LogP contribution in [-0.4, -0.2) is 42.3 Å². The minimum atomic E-state index is -0.367. The van der Waals surface area contributed by atoms with Gasteiger partial charge in [-0.3, -0.25) is 0 Å². The van der Waals surface area contributed by atoms with E-state index in [1.807, 2.05) is 18.2 Å². The summed E-state index contributed by atoms with van der Waals surface area (Å²) < 4.78 is 0. The molecule has 0 radical (unpaired) electrons. The zero-order chi connectivity index (χ0) is 13.5. The van der Waals surface area contributed by atoms with Crippen molar-refractivity contribution in [3.8, 4) is 0 Å². The molecule has 0 aliphatic heterocycles. The summed E-state index contributed by atoms with van der Waals surface area (Å²) in [5, 5.41) is 10.2. The van der Waals surface area contributed by atoms with Crippen LogP contribution in [0.3, 0.4) is 0 Å². The minimum Gasteiger partial charge on any atom is -0.386 e. The van der Waals surface area contributed by atoms with Gasteiger partial charge >= 0.3 is 0 Å². The molecule has 0 amide bonds. The zero-order valence-electron chi connectivity index (χ0n) is 11.8. The van der Waals surface area contributed by atoms with E-state index in [-0.39, 0.29) is 12.1 Å². The third-order valence-corrected chi connectivity index (χ3v) is 3.06. The van der Waals surface area contributed by atoms with E-state index >= 15 is 0 Å². The SMILES string of the molecule is CC(C)CN(C)C[C@@H](O)[C@@H]([NH3+])Cc1ccccc1. The number of aliphatic hydroxyl groups excluding tert-OH is 1. The monoisotopic (exact) mass is 251 g/mol. The van der Waals surface area contributed by atoms with Crippen LogP contribution in [0.1, 0.15) is 19.4 Å². The van der Waals surface area contributed by atoms with Crippen LogP contribution in [0.25, 0.3) is 0 Å². The van der Waals surface area contributed by atoms with Gasteiger partial charge in [-0.1, -0.05) is 44.2 Å². The van der Waals surface area contributed by atoms with E-state index in [4.69, 9.17) is 0 Å². The van der Waals surface area contributed by atoms with E-state index in [1.165, 1.54) is 5.56 Å². The van der Waals surface area contributed by atoms with E-state index in [1.54, 1.807) is 0 Å². The average Bonchev–Trinajstić information content (AvgIpc) is 2.28. The predicted octanol–water partition coefficient (Wildman–Crippen LogP) is 0.788. The first kappa shape index (κ1) is 15.2. The van der Waals surface area contributed by atoms with Crippen molar-refractivity contribution in [2.45, 2.75) is 32.4 Å². The fraction of sp³-hybridized carbons (Fsp3) is 0.600. The molecule has 18 heavy (non-hydrogen) atoms. The smallest absolute Gasteiger partial charge is 0.118 e. The van der Waals surface area contributed by atoms with Crippen LogP contribution in [0, 0.1) is 5.92 Å². The summed E-state index contributed by atoms with van der Waals surface area (Å²) in [7, 11) is 2.05. The third kappa shape index (κ3) is 5.63. The van der Waals surface area contributed by atoms with Crippen molar-refractivity contribution in [2.75, 3.05) is 20.1 Å². The lowest BCUT2D eigenvalue weighted by Crippen LogP contribution is -2.68. The Labute approximate surface area is 111 Å². The molecule has 0 aliphatic rings. The van der Waals surface area contributed by atoms with Gasteiger partial charge in [0.05, 0.1) is 0 Å². The molecule has 0 saturated carbocycles. The van der Waals surface area contributed by atoms with Crippen molar-refractivity contribution < 1.29 is 10.8 Å². The number of nitrogens with zero attached hydrogens (tertiary/aromatic N) is 1. The Kier molecular flexibility index (Phi) is 6.33. The molecule has 4 N–H and O–H groups in total. The maximum Gasteiger partial charge on any atom is 0.118 e. The molecule has 1 aromatic carbocycles. The van der Waals surface area contributed by atoms with Crippen molar-refractivity contribution in [1.82, 2.24) is 4.90 Å². The summed E-state index contributed by atoms with van der Waals surface area (Å²) in [5.74, 6) is 0.625. The Hall–Kier alpha value is -0.900. The highest BCUT2D eigenvalue weighted by Gasteiger charge is 2.20. The Bertz CT molecular complexity index is 327. The number of rotatable bonds is 7. The Balaban J connectivity index is 2.39. The summed E-state index contributed by atoms with van der Waals surface area (Å²) in [6, 6.07) is 10.3. The van der Waals surface area contributed by atoms with E-state index in [2.05, 4.69) is 43.7 Å². The van der Waals surface area contributed by atoms with E-state index in [9.17, 15) is 5.11 Å². The van der Waals surface area contributed by atoms with Crippen LogP contribution in [-0.2, 0) is 6.42 Å². The van der Waals surface area contributed by atoms with Crippen LogP contribution >= 0.6 is 0 Å². The Morgan fingerprint density at radius 3 is 2.33 bits per heavy atom. The molecule has 0 aliphatic carbocycles. The standard InChI is InChI=1S/C15H26N2O/c1-12(2)10-17(3)11-15(18)14(16)9-13-7-5-4-6-8-13/h4-8,12,14-15,18H,9-11,16H2,1-3H3/p+1/t14-,15+/m0/s1. The van der Waals surface area contributed by atoms with Crippen molar-refractivity contribution in [2.24, 2.45) is 5.92 Å². The van der Waals surface area contributed by atoms with Crippen molar-refractivity contribution >= 4 is 0 Å². The van der Waals surface area contributed by atoms with Crippen LogP contribution < -0.4 is 5.73 Å². The van der Waals surface area contributed by atoms with Gasteiger partial charge in [-0.2, -0.15) is 0 Å². The molecule has 1 rings (SSSR count). The summed E-state index contributed by atoms with van der Waals surface area (Å²) in [6.07, 6.45) is 0.464. The average molecular weight is 251 g/mol. The van der Waals surface area contributed by atoms with Gasteiger partial charge in [0.2, 0.25) is 0 Å². The largest absolute Gasteiger partial charge is 0.386 e. The molecule has 0 heterocycles. The maximum absolute atomic E-state index is 10.2. The lowest BCUT2D eigenvalue weighted by Gasteiger charge is -2.24. The second-order valence-electron chi connectivity index (χ2n) is 5.63. The molecule has 0 spiro atoms. The van der Waals surface area contributed by atoms with Gasteiger partial charge in [-0.05, 0) is 18.5 Å². The predicted molar refractivity (Wildman–Crippen MR) is 75.2 cm³/mol.